The van der Waals surface area contributed by atoms with E-state index in [9.17, 15) is 4.39 Å². The minimum Gasteiger partial charge on any atom is -0.327 e. The van der Waals surface area contributed by atoms with Crippen molar-refractivity contribution in [1.82, 2.24) is 5.32 Å². The van der Waals surface area contributed by atoms with Gasteiger partial charge >= 0.3 is 0 Å². The molecule has 66 valence electrons. The molecule has 1 saturated heterocycles. The molecule has 0 spiro atoms. The summed E-state index contributed by atoms with van der Waals surface area (Å²) in [6, 6.07) is -0.00231. The second kappa shape index (κ2) is 3.50. The van der Waals surface area contributed by atoms with Gasteiger partial charge in [0.2, 0.25) is 0 Å². The van der Waals surface area contributed by atoms with E-state index in [1.807, 2.05) is 6.92 Å². The van der Waals surface area contributed by atoms with Gasteiger partial charge in [-0.25, -0.2) is 4.39 Å². The van der Waals surface area contributed by atoms with Crippen molar-refractivity contribution in [2.24, 2.45) is 5.73 Å². The maximum absolute atomic E-state index is 13.8. The lowest BCUT2D eigenvalue weighted by Gasteiger charge is -2.28. The molecule has 0 aromatic rings. The largest absolute Gasteiger partial charge is 0.327 e. The van der Waals surface area contributed by atoms with E-state index in [0.717, 1.165) is 19.4 Å². The molecule has 0 aromatic carbocycles. The predicted octanol–water partition coefficient (Wildman–Crippen LogP) is 0.815. The first-order valence-electron chi connectivity index (χ1n) is 4.35. The Morgan fingerprint density at radius 3 is 2.82 bits per heavy atom. The van der Waals surface area contributed by atoms with Crippen LogP contribution in [0, 0.1) is 0 Å². The Hall–Kier alpha value is -0.150. The zero-order valence-corrected chi connectivity index (χ0v) is 7.07. The van der Waals surface area contributed by atoms with Crippen molar-refractivity contribution < 1.29 is 4.39 Å². The summed E-state index contributed by atoms with van der Waals surface area (Å²) in [4.78, 5) is 0. The van der Waals surface area contributed by atoms with Crippen LogP contribution in [0.2, 0.25) is 0 Å². The van der Waals surface area contributed by atoms with Gasteiger partial charge in [0.15, 0.2) is 0 Å². The first-order chi connectivity index (χ1) is 5.23. The lowest BCUT2D eigenvalue weighted by Crippen LogP contribution is -2.48. The molecule has 2 unspecified atom stereocenters. The second-order valence-electron chi connectivity index (χ2n) is 3.24. The Morgan fingerprint density at radius 1 is 1.73 bits per heavy atom. The number of hydrogen-bond donors (Lipinski definition) is 2. The number of halogens is 1. The van der Waals surface area contributed by atoms with Crippen LogP contribution < -0.4 is 11.1 Å². The van der Waals surface area contributed by atoms with Crippen molar-refractivity contribution in [2.75, 3.05) is 13.1 Å². The van der Waals surface area contributed by atoms with Gasteiger partial charge < -0.3 is 11.1 Å². The minimum absolute atomic E-state index is 0.00231. The van der Waals surface area contributed by atoms with Crippen molar-refractivity contribution >= 4 is 0 Å². The van der Waals surface area contributed by atoms with E-state index in [2.05, 4.69) is 5.32 Å². The summed E-state index contributed by atoms with van der Waals surface area (Å²) in [7, 11) is 0. The van der Waals surface area contributed by atoms with E-state index in [0.29, 0.717) is 6.42 Å². The Morgan fingerprint density at radius 2 is 2.45 bits per heavy atom. The summed E-state index contributed by atoms with van der Waals surface area (Å²) < 4.78 is 13.8. The third kappa shape index (κ3) is 1.71. The SMILES string of the molecule is CCC(F)(CN)C1CCCN1. The molecule has 0 amide bonds. The molecule has 1 aliphatic rings. The molecule has 1 fully saturated rings. The van der Waals surface area contributed by atoms with Crippen LogP contribution in [0.5, 0.6) is 0 Å². The highest BCUT2D eigenvalue weighted by Crippen LogP contribution is 2.25. The summed E-state index contributed by atoms with van der Waals surface area (Å²) in [5, 5.41) is 3.14. The zero-order valence-electron chi connectivity index (χ0n) is 7.07. The van der Waals surface area contributed by atoms with Gasteiger partial charge in [-0.2, -0.15) is 0 Å². The fraction of sp³-hybridized carbons (Fsp3) is 1.00. The third-order valence-corrected chi connectivity index (χ3v) is 2.61. The van der Waals surface area contributed by atoms with Crippen LogP contribution in [-0.2, 0) is 0 Å². The molecule has 2 nitrogen and oxygen atoms in total. The standard InChI is InChI=1S/C8H17FN2/c1-2-8(9,6-10)7-4-3-5-11-7/h7,11H,2-6,10H2,1H3. The highest BCUT2D eigenvalue weighted by molar-refractivity contribution is 4.94. The van der Waals surface area contributed by atoms with E-state index >= 15 is 0 Å². The molecule has 0 aliphatic carbocycles. The normalized spacial score (nSPS) is 30.3. The number of nitrogens with one attached hydrogen (secondary N) is 1. The smallest absolute Gasteiger partial charge is 0.138 e. The molecule has 3 heteroatoms. The van der Waals surface area contributed by atoms with Gasteiger partial charge in [-0.15, -0.1) is 0 Å². The summed E-state index contributed by atoms with van der Waals surface area (Å²) in [5.41, 5.74) is 4.21. The first kappa shape index (κ1) is 8.94. The lowest BCUT2D eigenvalue weighted by molar-refractivity contribution is 0.118. The zero-order chi connectivity index (χ0) is 8.32. The van der Waals surface area contributed by atoms with Crippen LogP contribution in [0.3, 0.4) is 0 Å². The average Bonchev–Trinajstić information content (AvgIpc) is 2.55. The Kier molecular flexibility index (Phi) is 2.84. The molecule has 2 atom stereocenters. The fourth-order valence-corrected chi connectivity index (χ4v) is 1.66. The monoisotopic (exact) mass is 160 g/mol. The summed E-state index contributed by atoms with van der Waals surface area (Å²) in [5.74, 6) is 0. The van der Waals surface area contributed by atoms with Crippen LogP contribution in [-0.4, -0.2) is 24.8 Å². The molecule has 0 radical (unpaired) electrons. The Labute approximate surface area is 67.3 Å². The summed E-state index contributed by atoms with van der Waals surface area (Å²) in [6.07, 6.45) is 2.53. The van der Waals surface area contributed by atoms with Gasteiger partial charge in [0.25, 0.3) is 0 Å². The molecule has 0 bridgehead atoms. The third-order valence-electron chi connectivity index (χ3n) is 2.61. The van der Waals surface area contributed by atoms with E-state index < -0.39 is 5.67 Å². The molecule has 1 aliphatic heterocycles. The quantitative estimate of drug-likeness (QED) is 0.641. The topological polar surface area (TPSA) is 38.0 Å². The summed E-state index contributed by atoms with van der Waals surface area (Å²) >= 11 is 0. The lowest BCUT2D eigenvalue weighted by atomic mass is 9.92. The van der Waals surface area contributed by atoms with Gasteiger partial charge in [0, 0.05) is 12.6 Å². The van der Waals surface area contributed by atoms with E-state index in [1.54, 1.807) is 0 Å². The molecule has 11 heavy (non-hydrogen) atoms. The number of nitrogens with two attached hydrogens (primary N) is 1. The van der Waals surface area contributed by atoms with Crippen molar-refractivity contribution in [3.63, 3.8) is 0 Å². The molecular formula is C8H17FN2. The van der Waals surface area contributed by atoms with Gasteiger partial charge in [-0.1, -0.05) is 6.92 Å². The number of alkyl halides is 1. The second-order valence-corrected chi connectivity index (χ2v) is 3.24. The first-order valence-corrected chi connectivity index (χ1v) is 4.35. The molecule has 1 heterocycles. The highest BCUT2D eigenvalue weighted by atomic mass is 19.1. The van der Waals surface area contributed by atoms with Gasteiger partial charge in [0.1, 0.15) is 5.67 Å². The Bertz CT molecular complexity index is 117. The van der Waals surface area contributed by atoms with E-state index in [4.69, 9.17) is 5.73 Å². The van der Waals surface area contributed by atoms with Crippen molar-refractivity contribution in [2.45, 2.75) is 37.9 Å². The van der Waals surface area contributed by atoms with Crippen LogP contribution >= 0.6 is 0 Å². The van der Waals surface area contributed by atoms with Gasteiger partial charge in [0.05, 0.1) is 0 Å². The van der Waals surface area contributed by atoms with Crippen molar-refractivity contribution in [1.29, 1.82) is 0 Å². The van der Waals surface area contributed by atoms with Gasteiger partial charge in [-0.3, -0.25) is 0 Å². The van der Waals surface area contributed by atoms with E-state index in [-0.39, 0.29) is 12.6 Å². The molecule has 1 rings (SSSR count). The number of rotatable bonds is 3. The Balaban J connectivity index is 2.52. The minimum atomic E-state index is -1.17. The molecular weight excluding hydrogens is 143 g/mol. The average molecular weight is 160 g/mol. The summed E-state index contributed by atoms with van der Waals surface area (Å²) in [6.45, 7) is 2.93. The molecule has 0 saturated carbocycles. The van der Waals surface area contributed by atoms with Crippen LogP contribution in [0.1, 0.15) is 26.2 Å². The van der Waals surface area contributed by atoms with Crippen molar-refractivity contribution in [3.8, 4) is 0 Å². The van der Waals surface area contributed by atoms with Gasteiger partial charge in [-0.05, 0) is 25.8 Å². The maximum atomic E-state index is 13.8. The maximum Gasteiger partial charge on any atom is 0.138 e. The predicted molar refractivity (Wildman–Crippen MR) is 44.2 cm³/mol. The van der Waals surface area contributed by atoms with Crippen molar-refractivity contribution in [3.05, 3.63) is 0 Å². The fourth-order valence-electron chi connectivity index (χ4n) is 1.66. The highest BCUT2D eigenvalue weighted by Gasteiger charge is 2.37. The van der Waals surface area contributed by atoms with Crippen LogP contribution in [0.25, 0.3) is 0 Å². The molecule has 0 aromatic heterocycles. The number of hydrogen-bond acceptors (Lipinski definition) is 2. The molecule has 3 N–H and O–H groups in total. The van der Waals surface area contributed by atoms with Crippen LogP contribution in [0.4, 0.5) is 4.39 Å². The van der Waals surface area contributed by atoms with E-state index in [1.165, 1.54) is 0 Å². The van der Waals surface area contributed by atoms with Crippen LogP contribution in [0.15, 0.2) is 0 Å².